The molecule has 0 unspecified atom stereocenters. The Kier molecular flexibility index (Phi) is 3.88. The van der Waals surface area contributed by atoms with Crippen molar-refractivity contribution in [3.8, 4) is 11.6 Å². The molecular weight excluding hydrogens is 408 g/mol. The number of fused-ring (bicyclic) bond motifs is 2. The highest BCUT2D eigenvalue weighted by Gasteiger charge is 2.22. The standard InChI is InChI=1S/C16H14N4O6S2/c1-7-3-9-13(11(5-7)27(21,22)23)19-15(17-9)16-18-10-4-8(2)6-12(14(10)20-16)28(24,25)26/h3-6H,1-2H3,(H,17,19)(H,18,20)(H,21,22,23)(H,24,25,26). The third-order valence-corrected chi connectivity index (χ3v) is 5.91. The minimum Gasteiger partial charge on any atom is -0.335 e. The summed E-state index contributed by atoms with van der Waals surface area (Å²) in [4.78, 5) is 13.5. The Balaban J connectivity index is 2.00. The fourth-order valence-corrected chi connectivity index (χ4v) is 4.53. The van der Waals surface area contributed by atoms with Gasteiger partial charge in [-0.15, -0.1) is 0 Å². The number of aromatic nitrogens is 4. The van der Waals surface area contributed by atoms with E-state index in [0.717, 1.165) is 0 Å². The lowest BCUT2D eigenvalue weighted by Crippen LogP contribution is -2.00. The van der Waals surface area contributed by atoms with Gasteiger partial charge in [0, 0.05) is 0 Å². The van der Waals surface area contributed by atoms with Gasteiger partial charge >= 0.3 is 0 Å². The molecule has 28 heavy (non-hydrogen) atoms. The van der Waals surface area contributed by atoms with E-state index >= 15 is 0 Å². The fourth-order valence-electron chi connectivity index (χ4n) is 3.06. The second kappa shape index (κ2) is 5.85. The largest absolute Gasteiger partial charge is 0.335 e. The number of nitrogens with zero attached hydrogens (tertiary/aromatic N) is 2. The Morgan fingerprint density at radius 2 is 1.07 bits per heavy atom. The zero-order valence-corrected chi connectivity index (χ0v) is 16.2. The van der Waals surface area contributed by atoms with E-state index in [4.69, 9.17) is 0 Å². The summed E-state index contributed by atoms with van der Waals surface area (Å²) in [5, 5.41) is 0. The van der Waals surface area contributed by atoms with E-state index in [1.54, 1.807) is 26.0 Å². The van der Waals surface area contributed by atoms with Gasteiger partial charge in [0.1, 0.15) is 20.8 Å². The van der Waals surface area contributed by atoms with Gasteiger partial charge in [0.2, 0.25) is 0 Å². The molecule has 2 aromatic carbocycles. The molecule has 0 saturated carbocycles. The van der Waals surface area contributed by atoms with E-state index in [2.05, 4.69) is 19.9 Å². The molecule has 0 spiro atoms. The second-order valence-corrected chi connectivity index (χ2v) is 9.22. The molecule has 0 radical (unpaired) electrons. The number of aromatic amines is 2. The van der Waals surface area contributed by atoms with Gasteiger partial charge in [-0.05, 0) is 49.2 Å². The quantitative estimate of drug-likeness (QED) is 0.365. The summed E-state index contributed by atoms with van der Waals surface area (Å²) in [6.07, 6.45) is 0. The minimum atomic E-state index is -4.50. The summed E-state index contributed by atoms with van der Waals surface area (Å²) >= 11 is 0. The highest BCUT2D eigenvalue weighted by atomic mass is 32.2. The van der Waals surface area contributed by atoms with Gasteiger partial charge in [0.05, 0.1) is 11.0 Å². The van der Waals surface area contributed by atoms with Crippen LogP contribution in [0.15, 0.2) is 34.1 Å². The van der Waals surface area contributed by atoms with Crippen LogP contribution < -0.4 is 0 Å². The molecule has 4 rings (SSSR count). The summed E-state index contributed by atoms with van der Waals surface area (Å²) < 4.78 is 65.6. The third-order valence-electron chi connectivity index (χ3n) is 4.17. The molecule has 10 nitrogen and oxygen atoms in total. The molecule has 0 saturated heterocycles. The normalized spacial score (nSPS) is 12.9. The molecule has 4 N–H and O–H groups in total. The van der Waals surface area contributed by atoms with Crippen LogP contribution in [0, 0.1) is 13.8 Å². The molecule has 2 heterocycles. The second-order valence-electron chi connectivity index (χ2n) is 6.44. The van der Waals surface area contributed by atoms with E-state index in [1.165, 1.54) is 12.1 Å². The number of hydrogen-bond donors (Lipinski definition) is 4. The Morgan fingerprint density at radius 1 is 0.714 bits per heavy atom. The Morgan fingerprint density at radius 3 is 1.39 bits per heavy atom. The first kappa shape index (κ1) is 18.6. The smallest absolute Gasteiger partial charge is 0.296 e. The van der Waals surface area contributed by atoms with E-state index in [9.17, 15) is 25.9 Å². The van der Waals surface area contributed by atoms with Crippen LogP contribution in [-0.2, 0) is 20.2 Å². The van der Waals surface area contributed by atoms with Crippen molar-refractivity contribution in [1.29, 1.82) is 0 Å². The molecule has 0 amide bonds. The highest BCUT2D eigenvalue weighted by molar-refractivity contribution is 7.86. The number of nitrogens with one attached hydrogen (secondary N) is 2. The van der Waals surface area contributed by atoms with Gasteiger partial charge < -0.3 is 9.97 Å². The van der Waals surface area contributed by atoms with Gasteiger partial charge in [-0.25, -0.2) is 9.97 Å². The van der Waals surface area contributed by atoms with E-state index in [1.807, 2.05) is 0 Å². The molecule has 146 valence electrons. The van der Waals surface area contributed by atoms with Crippen molar-refractivity contribution >= 4 is 42.3 Å². The molecule has 4 aromatic rings. The van der Waals surface area contributed by atoms with Gasteiger partial charge in [0.25, 0.3) is 20.2 Å². The van der Waals surface area contributed by atoms with Crippen LogP contribution in [0.3, 0.4) is 0 Å². The molecule has 0 bridgehead atoms. The number of imidazole rings is 2. The lowest BCUT2D eigenvalue weighted by Gasteiger charge is -1.99. The average Bonchev–Trinajstić information content (AvgIpc) is 3.14. The maximum atomic E-state index is 11.7. The first-order valence-corrected chi connectivity index (χ1v) is 10.8. The zero-order chi connectivity index (χ0) is 20.4. The summed E-state index contributed by atoms with van der Waals surface area (Å²) in [6.45, 7) is 3.33. The molecule has 0 aliphatic carbocycles. The van der Waals surface area contributed by atoms with Crippen molar-refractivity contribution in [1.82, 2.24) is 19.9 Å². The van der Waals surface area contributed by atoms with Crippen LogP contribution in [0.25, 0.3) is 33.7 Å². The van der Waals surface area contributed by atoms with Gasteiger partial charge in [0.15, 0.2) is 11.6 Å². The van der Waals surface area contributed by atoms with Crippen molar-refractivity contribution < 1.29 is 25.9 Å². The topological polar surface area (TPSA) is 166 Å². The molecule has 2 aromatic heterocycles. The first-order chi connectivity index (χ1) is 12.9. The lowest BCUT2D eigenvalue weighted by atomic mass is 10.2. The molecule has 0 atom stereocenters. The van der Waals surface area contributed by atoms with Gasteiger partial charge in [-0.1, -0.05) is 0 Å². The Hall–Kier alpha value is -2.80. The van der Waals surface area contributed by atoms with Crippen LogP contribution in [0.5, 0.6) is 0 Å². The Labute approximate surface area is 159 Å². The Bertz CT molecular complexity index is 1370. The van der Waals surface area contributed by atoms with Crippen molar-refractivity contribution in [3.63, 3.8) is 0 Å². The number of hydrogen-bond acceptors (Lipinski definition) is 6. The SMILES string of the molecule is Cc1cc(S(=O)(=O)O)c2nc(-c3nc4c(S(=O)(=O)O)cc(C)cc4[nH]3)[nH]c2c1. The molecule has 0 aliphatic heterocycles. The summed E-state index contributed by atoms with van der Waals surface area (Å²) in [7, 11) is -9.01. The van der Waals surface area contributed by atoms with Crippen LogP contribution in [-0.4, -0.2) is 45.9 Å². The lowest BCUT2D eigenvalue weighted by molar-refractivity contribution is 0.481. The number of H-pyrrole nitrogens is 2. The predicted molar refractivity (Wildman–Crippen MR) is 100 cm³/mol. The first-order valence-electron chi connectivity index (χ1n) is 7.89. The molecule has 12 heteroatoms. The van der Waals surface area contributed by atoms with E-state index in [-0.39, 0.29) is 32.5 Å². The van der Waals surface area contributed by atoms with E-state index in [0.29, 0.717) is 22.2 Å². The maximum Gasteiger partial charge on any atom is 0.296 e. The van der Waals surface area contributed by atoms with Crippen molar-refractivity contribution in [2.45, 2.75) is 23.6 Å². The molecule has 0 aliphatic rings. The summed E-state index contributed by atoms with van der Waals surface area (Å²) in [5.41, 5.74) is 1.93. The van der Waals surface area contributed by atoms with Crippen LogP contribution in [0.1, 0.15) is 11.1 Å². The monoisotopic (exact) mass is 422 g/mol. The van der Waals surface area contributed by atoms with Gasteiger partial charge in [-0.2, -0.15) is 16.8 Å². The fraction of sp³-hybridized carbons (Fsp3) is 0.125. The van der Waals surface area contributed by atoms with Crippen molar-refractivity contribution in [2.75, 3.05) is 0 Å². The van der Waals surface area contributed by atoms with Gasteiger partial charge in [-0.3, -0.25) is 9.11 Å². The average molecular weight is 422 g/mol. The third kappa shape index (κ3) is 3.05. The maximum absolute atomic E-state index is 11.7. The number of benzene rings is 2. The number of rotatable bonds is 3. The molecular formula is C16H14N4O6S2. The van der Waals surface area contributed by atoms with Crippen molar-refractivity contribution in [3.05, 3.63) is 35.4 Å². The highest BCUT2D eigenvalue weighted by Crippen LogP contribution is 2.29. The van der Waals surface area contributed by atoms with Crippen LogP contribution >= 0.6 is 0 Å². The van der Waals surface area contributed by atoms with E-state index < -0.39 is 20.2 Å². The van der Waals surface area contributed by atoms with Crippen LogP contribution in [0.2, 0.25) is 0 Å². The van der Waals surface area contributed by atoms with Crippen molar-refractivity contribution in [2.24, 2.45) is 0 Å². The number of aryl methyl sites for hydroxylation is 2. The zero-order valence-electron chi connectivity index (χ0n) is 14.5. The predicted octanol–water partition coefficient (Wildman–Crippen LogP) is 2.22. The molecule has 0 fully saturated rings. The summed E-state index contributed by atoms with van der Waals surface area (Å²) in [6, 6.07) is 5.88. The summed E-state index contributed by atoms with van der Waals surface area (Å²) in [5.74, 6) is 0.279. The van der Waals surface area contributed by atoms with Crippen LogP contribution in [0.4, 0.5) is 0 Å². The minimum absolute atomic E-state index is 0.0229.